The second-order valence-corrected chi connectivity index (χ2v) is 4.87. The van der Waals surface area contributed by atoms with E-state index >= 15 is 0 Å². The minimum absolute atomic E-state index is 0.154. The molecule has 0 saturated heterocycles. The highest BCUT2D eigenvalue weighted by atomic mass is 19.1. The molecule has 0 aromatic heterocycles. The van der Waals surface area contributed by atoms with Crippen LogP contribution in [0.5, 0.6) is 5.75 Å². The zero-order valence-electron chi connectivity index (χ0n) is 12.5. The van der Waals surface area contributed by atoms with Crippen LogP contribution >= 0.6 is 0 Å². The molecule has 2 rings (SSSR count). The molecule has 0 atom stereocenters. The second-order valence-electron chi connectivity index (χ2n) is 4.87. The molecule has 1 amide bonds. The van der Waals surface area contributed by atoms with Crippen molar-refractivity contribution in [1.29, 1.82) is 0 Å². The van der Waals surface area contributed by atoms with Gasteiger partial charge in [-0.1, -0.05) is 30.3 Å². The molecule has 0 unspecified atom stereocenters. The molecule has 0 heterocycles. The molecule has 2 aromatic rings. The van der Waals surface area contributed by atoms with Crippen LogP contribution in [0.25, 0.3) is 0 Å². The first-order chi connectivity index (χ1) is 10.6. The number of benzene rings is 2. The lowest BCUT2D eigenvalue weighted by Crippen LogP contribution is -2.24. The van der Waals surface area contributed by atoms with Crippen LogP contribution in [-0.4, -0.2) is 18.7 Å². The number of aryl methyl sites for hydroxylation is 2. The Hall–Kier alpha value is -2.69. The summed E-state index contributed by atoms with van der Waals surface area (Å²) >= 11 is 0. The summed E-state index contributed by atoms with van der Waals surface area (Å²) in [5.41, 5.74) is 4.61. The smallest absolute Gasteiger partial charge is 0.277 e. The molecule has 22 heavy (non-hydrogen) atoms. The van der Waals surface area contributed by atoms with E-state index < -0.39 is 11.7 Å². The van der Waals surface area contributed by atoms with Crippen molar-refractivity contribution < 1.29 is 13.9 Å². The van der Waals surface area contributed by atoms with E-state index in [1.54, 1.807) is 18.2 Å². The number of carbonyl (C=O) groups excluding carboxylic acids is 1. The number of hydrogen-bond donors (Lipinski definition) is 1. The van der Waals surface area contributed by atoms with E-state index in [1.165, 1.54) is 12.3 Å². The van der Waals surface area contributed by atoms with Crippen molar-refractivity contribution in [2.75, 3.05) is 6.61 Å². The number of nitrogens with zero attached hydrogens (tertiary/aromatic N) is 1. The van der Waals surface area contributed by atoms with E-state index in [4.69, 9.17) is 4.74 Å². The molecule has 0 spiro atoms. The number of halogens is 1. The van der Waals surface area contributed by atoms with Crippen LogP contribution in [0, 0.1) is 19.7 Å². The van der Waals surface area contributed by atoms with Crippen molar-refractivity contribution in [2.45, 2.75) is 13.8 Å². The lowest BCUT2D eigenvalue weighted by Gasteiger charge is -2.08. The van der Waals surface area contributed by atoms with E-state index in [9.17, 15) is 9.18 Å². The summed E-state index contributed by atoms with van der Waals surface area (Å²) in [6.07, 6.45) is 1.26. The molecule has 114 valence electrons. The first-order valence-electron chi connectivity index (χ1n) is 6.83. The van der Waals surface area contributed by atoms with Gasteiger partial charge in [0, 0.05) is 5.56 Å². The van der Waals surface area contributed by atoms with Crippen molar-refractivity contribution in [3.63, 3.8) is 0 Å². The molecular formula is C17H17FN2O2. The molecule has 0 aliphatic carbocycles. The SMILES string of the molecule is Cc1ccc(C)c(OCC(=O)N/N=C\c2ccccc2F)c1. The molecule has 0 saturated carbocycles. The molecule has 1 N–H and O–H groups in total. The fourth-order valence-corrected chi connectivity index (χ4v) is 1.79. The Bertz CT molecular complexity index is 699. The van der Waals surface area contributed by atoms with Crippen LogP contribution in [0.1, 0.15) is 16.7 Å². The van der Waals surface area contributed by atoms with Gasteiger partial charge in [-0.15, -0.1) is 0 Å². The van der Waals surface area contributed by atoms with Gasteiger partial charge in [-0.2, -0.15) is 5.10 Å². The Morgan fingerprint density at radius 2 is 2.05 bits per heavy atom. The average molecular weight is 300 g/mol. The summed E-state index contributed by atoms with van der Waals surface area (Å²) in [5.74, 6) is -0.145. The standard InChI is InChI=1S/C17H17FN2O2/c1-12-7-8-13(2)16(9-12)22-11-17(21)20-19-10-14-5-3-4-6-15(14)18/h3-10H,11H2,1-2H3,(H,20,21)/b19-10-. The predicted octanol–water partition coefficient (Wildman–Crippen LogP) is 2.97. The van der Waals surface area contributed by atoms with Gasteiger partial charge < -0.3 is 4.74 Å². The maximum absolute atomic E-state index is 13.3. The molecule has 2 aromatic carbocycles. The Kier molecular flexibility index (Phi) is 5.25. The normalized spacial score (nSPS) is 10.7. The third-order valence-corrected chi connectivity index (χ3v) is 3.00. The van der Waals surface area contributed by atoms with Crippen LogP contribution in [0.4, 0.5) is 4.39 Å². The number of nitrogens with one attached hydrogen (secondary N) is 1. The van der Waals surface area contributed by atoms with Gasteiger partial charge in [0.25, 0.3) is 5.91 Å². The summed E-state index contributed by atoms with van der Waals surface area (Å²) in [7, 11) is 0. The van der Waals surface area contributed by atoms with Crippen molar-refractivity contribution in [1.82, 2.24) is 5.43 Å². The molecule has 4 nitrogen and oxygen atoms in total. The molecular weight excluding hydrogens is 283 g/mol. The topological polar surface area (TPSA) is 50.7 Å². The zero-order valence-corrected chi connectivity index (χ0v) is 12.5. The molecule has 0 radical (unpaired) electrons. The number of amides is 1. The maximum Gasteiger partial charge on any atom is 0.277 e. The Morgan fingerprint density at radius 1 is 1.27 bits per heavy atom. The summed E-state index contributed by atoms with van der Waals surface area (Å²) < 4.78 is 18.8. The van der Waals surface area contributed by atoms with Crippen molar-refractivity contribution >= 4 is 12.1 Å². The van der Waals surface area contributed by atoms with Gasteiger partial charge in [-0.05, 0) is 37.1 Å². The summed E-state index contributed by atoms with van der Waals surface area (Å²) in [4.78, 5) is 11.6. The second kappa shape index (κ2) is 7.36. The van der Waals surface area contributed by atoms with Gasteiger partial charge in [0.2, 0.25) is 0 Å². The third kappa shape index (κ3) is 4.41. The van der Waals surface area contributed by atoms with Crippen LogP contribution in [0.15, 0.2) is 47.6 Å². The van der Waals surface area contributed by atoms with Crippen LogP contribution in [-0.2, 0) is 4.79 Å². The Morgan fingerprint density at radius 3 is 2.82 bits per heavy atom. The first-order valence-corrected chi connectivity index (χ1v) is 6.83. The predicted molar refractivity (Wildman–Crippen MR) is 83.5 cm³/mol. The fraction of sp³-hybridized carbons (Fsp3) is 0.176. The largest absolute Gasteiger partial charge is 0.483 e. The quantitative estimate of drug-likeness (QED) is 0.682. The highest BCUT2D eigenvalue weighted by Crippen LogP contribution is 2.18. The van der Waals surface area contributed by atoms with Crippen LogP contribution in [0.2, 0.25) is 0 Å². The van der Waals surface area contributed by atoms with Gasteiger partial charge in [-0.25, -0.2) is 9.82 Å². The van der Waals surface area contributed by atoms with E-state index in [1.807, 2.05) is 32.0 Å². The maximum atomic E-state index is 13.3. The van der Waals surface area contributed by atoms with Gasteiger partial charge in [-0.3, -0.25) is 4.79 Å². The van der Waals surface area contributed by atoms with Crippen molar-refractivity contribution in [3.05, 3.63) is 65.0 Å². The summed E-state index contributed by atoms with van der Waals surface area (Å²) in [6, 6.07) is 11.9. The van der Waals surface area contributed by atoms with E-state index in [0.29, 0.717) is 11.3 Å². The highest BCUT2D eigenvalue weighted by molar-refractivity contribution is 5.83. The van der Waals surface area contributed by atoms with Crippen molar-refractivity contribution in [2.24, 2.45) is 5.10 Å². The van der Waals surface area contributed by atoms with E-state index in [0.717, 1.165) is 11.1 Å². The minimum atomic E-state index is -0.409. The monoisotopic (exact) mass is 300 g/mol. The van der Waals surface area contributed by atoms with Crippen LogP contribution < -0.4 is 10.2 Å². The van der Waals surface area contributed by atoms with E-state index in [-0.39, 0.29) is 6.61 Å². The number of ether oxygens (including phenoxy) is 1. The minimum Gasteiger partial charge on any atom is -0.483 e. The summed E-state index contributed by atoms with van der Waals surface area (Å²) in [5, 5.41) is 3.71. The fourth-order valence-electron chi connectivity index (χ4n) is 1.79. The number of hydrazone groups is 1. The van der Waals surface area contributed by atoms with Gasteiger partial charge >= 0.3 is 0 Å². The van der Waals surface area contributed by atoms with Crippen molar-refractivity contribution in [3.8, 4) is 5.75 Å². The third-order valence-electron chi connectivity index (χ3n) is 3.00. The molecule has 0 bridgehead atoms. The van der Waals surface area contributed by atoms with Gasteiger partial charge in [0.15, 0.2) is 6.61 Å². The molecule has 0 fully saturated rings. The van der Waals surface area contributed by atoms with Gasteiger partial charge in [0.05, 0.1) is 6.21 Å². The molecule has 0 aliphatic heterocycles. The van der Waals surface area contributed by atoms with E-state index in [2.05, 4.69) is 10.5 Å². The highest BCUT2D eigenvalue weighted by Gasteiger charge is 2.04. The average Bonchev–Trinajstić information content (AvgIpc) is 2.50. The number of carbonyl (C=O) groups is 1. The zero-order chi connectivity index (χ0) is 15.9. The Balaban J connectivity index is 1.86. The molecule has 5 heteroatoms. The summed E-state index contributed by atoms with van der Waals surface area (Å²) in [6.45, 7) is 3.70. The van der Waals surface area contributed by atoms with Gasteiger partial charge in [0.1, 0.15) is 11.6 Å². The lowest BCUT2D eigenvalue weighted by molar-refractivity contribution is -0.123. The van der Waals surface area contributed by atoms with Crippen LogP contribution in [0.3, 0.4) is 0 Å². The lowest BCUT2D eigenvalue weighted by atomic mass is 10.1. The number of hydrogen-bond acceptors (Lipinski definition) is 3. The first kappa shape index (κ1) is 15.7. The molecule has 0 aliphatic rings. The number of rotatable bonds is 5. The Labute approximate surface area is 128 Å².